The number of benzene rings is 1. The minimum Gasteiger partial charge on any atom is -0.490 e. The summed E-state index contributed by atoms with van der Waals surface area (Å²) in [6, 6.07) is 3.55. The highest BCUT2D eigenvalue weighted by Crippen LogP contribution is 2.30. The number of hydrogen-bond acceptors (Lipinski definition) is 7. The van der Waals surface area contributed by atoms with Gasteiger partial charge in [0.1, 0.15) is 0 Å². The molecule has 1 aliphatic heterocycles. The van der Waals surface area contributed by atoms with Crippen molar-refractivity contribution in [3.8, 4) is 5.75 Å². The number of piperazine rings is 1. The van der Waals surface area contributed by atoms with Crippen molar-refractivity contribution in [2.45, 2.75) is 11.3 Å². The monoisotopic (exact) mass is 386 g/mol. The van der Waals surface area contributed by atoms with E-state index in [-0.39, 0.29) is 29.6 Å². The first-order valence-electron chi connectivity index (χ1n) is 8.06. The summed E-state index contributed by atoms with van der Waals surface area (Å²) in [6.45, 7) is 1.44. The Morgan fingerprint density at radius 2 is 1.96 bits per heavy atom. The van der Waals surface area contributed by atoms with E-state index in [1.807, 2.05) is 0 Å². The molecular formula is C15H22N4O6S. The van der Waals surface area contributed by atoms with Crippen LogP contribution in [0.3, 0.4) is 0 Å². The van der Waals surface area contributed by atoms with E-state index in [1.54, 1.807) is 11.9 Å². The standard InChI is InChI=1S/C15H22N4O6S/c1-16-6-5-15(20)17-7-9-18(10-8-17)26(23,24)12-3-4-14(25-2)13(11-12)19(21)22/h3-4,11,16H,5-10H2,1-2H3. The molecule has 1 amide bonds. The third-order valence-corrected chi connectivity index (χ3v) is 6.06. The second kappa shape index (κ2) is 8.43. The molecule has 1 saturated heterocycles. The number of rotatable bonds is 7. The van der Waals surface area contributed by atoms with Crippen molar-refractivity contribution in [3.05, 3.63) is 28.3 Å². The zero-order chi connectivity index (χ0) is 19.3. The predicted molar refractivity (Wildman–Crippen MR) is 93.5 cm³/mol. The van der Waals surface area contributed by atoms with E-state index in [1.165, 1.54) is 23.5 Å². The summed E-state index contributed by atoms with van der Waals surface area (Å²) in [5.41, 5.74) is -0.408. The molecular weight excluding hydrogens is 364 g/mol. The third kappa shape index (κ3) is 4.29. The maximum Gasteiger partial charge on any atom is 0.312 e. The molecule has 1 aromatic carbocycles. The first-order chi connectivity index (χ1) is 12.3. The van der Waals surface area contributed by atoms with Gasteiger partial charge < -0.3 is 15.0 Å². The van der Waals surface area contributed by atoms with Crippen molar-refractivity contribution in [1.82, 2.24) is 14.5 Å². The summed E-state index contributed by atoms with van der Waals surface area (Å²) in [4.78, 5) is 23.9. The Morgan fingerprint density at radius 1 is 1.31 bits per heavy atom. The molecule has 0 unspecified atom stereocenters. The normalized spacial score (nSPS) is 15.7. The van der Waals surface area contributed by atoms with Gasteiger partial charge in [-0.15, -0.1) is 0 Å². The van der Waals surface area contributed by atoms with Crippen molar-refractivity contribution >= 4 is 21.6 Å². The summed E-state index contributed by atoms with van der Waals surface area (Å²) >= 11 is 0. The summed E-state index contributed by atoms with van der Waals surface area (Å²) in [7, 11) is -0.852. The van der Waals surface area contributed by atoms with Crippen molar-refractivity contribution in [2.75, 3.05) is 46.9 Å². The third-order valence-electron chi connectivity index (χ3n) is 4.16. The van der Waals surface area contributed by atoms with Gasteiger partial charge in [0, 0.05) is 45.2 Å². The second-order valence-corrected chi connectivity index (χ2v) is 7.67. The topological polar surface area (TPSA) is 122 Å². The van der Waals surface area contributed by atoms with E-state index in [0.29, 0.717) is 26.1 Å². The number of carbonyl (C=O) groups is 1. The smallest absolute Gasteiger partial charge is 0.312 e. The van der Waals surface area contributed by atoms with Crippen LogP contribution in [0.4, 0.5) is 5.69 Å². The zero-order valence-electron chi connectivity index (χ0n) is 14.7. The number of nitro benzene ring substituents is 1. The Kier molecular flexibility index (Phi) is 6.51. The molecule has 26 heavy (non-hydrogen) atoms. The maximum absolute atomic E-state index is 12.8. The Hall–Kier alpha value is -2.24. The molecule has 144 valence electrons. The highest BCUT2D eigenvalue weighted by Gasteiger charge is 2.31. The van der Waals surface area contributed by atoms with Crippen LogP contribution >= 0.6 is 0 Å². The van der Waals surface area contributed by atoms with Crippen LogP contribution in [-0.2, 0) is 14.8 Å². The van der Waals surface area contributed by atoms with E-state index in [0.717, 1.165) is 6.07 Å². The fraction of sp³-hybridized carbons (Fsp3) is 0.533. The Balaban J connectivity index is 2.13. The highest BCUT2D eigenvalue weighted by atomic mass is 32.2. The van der Waals surface area contributed by atoms with Gasteiger partial charge >= 0.3 is 5.69 Å². The van der Waals surface area contributed by atoms with Crippen molar-refractivity contribution in [3.63, 3.8) is 0 Å². The van der Waals surface area contributed by atoms with E-state index < -0.39 is 20.6 Å². The van der Waals surface area contributed by atoms with E-state index in [4.69, 9.17) is 4.74 Å². The number of ether oxygens (including phenoxy) is 1. The lowest BCUT2D eigenvalue weighted by atomic mass is 10.3. The number of nitro groups is 1. The lowest BCUT2D eigenvalue weighted by molar-refractivity contribution is -0.386. The molecule has 1 heterocycles. The molecule has 1 fully saturated rings. The molecule has 0 saturated carbocycles. The summed E-state index contributed by atoms with van der Waals surface area (Å²) in [5, 5.41) is 14.0. The maximum atomic E-state index is 12.8. The van der Waals surface area contributed by atoms with Crippen LogP contribution in [0.25, 0.3) is 0 Å². The number of carbonyl (C=O) groups excluding carboxylic acids is 1. The molecule has 2 rings (SSSR count). The van der Waals surface area contributed by atoms with Gasteiger partial charge in [-0.3, -0.25) is 14.9 Å². The van der Waals surface area contributed by atoms with Gasteiger partial charge in [-0.2, -0.15) is 4.31 Å². The summed E-state index contributed by atoms with van der Waals surface area (Å²) < 4.78 is 31.6. The van der Waals surface area contributed by atoms with Crippen LogP contribution < -0.4 is 10.1 Å². The SMILES string of the molecule is CNCCC(=O)N1CCN(S(=O)(=O)c2ccc(OC)c([N+](=O)[O-])c2)CC1. The van der Waals surface area contributed by atoms with Crippen LogP contribution in [0.15, 0.2) is 23.1 Å². The van der Waals surface area contributed by atoms with Crippen LogP contribution in [0.5, 0.6) is 5.75 Å². The lowest BCUT2D eigenvalue weighted by Crippen LogP contribution is -2.50. The van der Waals surface area contributed by atoms with Gasteiger partial charge in [-0.25, -0.2) is 8.42 Å². The Bertz CT molecular complexity index is 774. The van der Waals surface area contributed by atoms with E-state index >= 15 is 0 Å². The van der Waals surface area contributed by atoms with Crippen LogP contribution in [-0.4, -0.2) is 75.3 Å². The second-order valence-electron chi connectivity index (χ2n) is 5.73. The fourth-order valence-corrected chi connectivity index (χ4v) is 4.13. The minimum absolute atomic E-state index is 0.00565. The molecule has 1 N–H and O–H groups in total. The Morgan fingerprint density at radius 3 is 2.50 bits per heavy atom. The number of amides is 1. The molecule has 0 bridgehead atoms. The fourth-order valence-electron chi connectivity index (χ4n) is 2.69. The van der Waals surface area contributed by atoms with Crippen LogP contribution in [0, 0.1) is 10.1 Å². The van der Waals surface area contributed by atoms with Crippen molar-refractivity contribution < 1.29 is 22.9 Å². The Labute approximate surface area is 151 Å². The van der Waals surface area contributed by atoms with Crippen molar-refractivity contribution in [1.29, 1.82) is 0 Å². The average molecular weight is 386 g/mol. The van der Waals surface area contributed by atoms with Gasteiger partial charge in [0.2, 0.25) is 15.9 Å². The molecule has 10 nitrogen and oxygen atoms in total. The van der Waals surface area contributed by atoms with Crippen LogP contribution in [0.1, 0.15) is 6.42 Å². The predicted octanol–water partition coefficient (Wildman–Crippen LogP) is 0.0458. The van der Waals surface area contributed by atoms with Gasteiger partial charge in [-0.1, -0.05) is 0 Å². The minimum atomic E-state index is -3.89. The molecule has 0 aromatic heterocycles. The first kappa shape index (κ1) is 20.1. The zero-order valence-corrected chi connectivity index (χ0v) is 15.5. The largest absolute Gasteiger partial charge is 0.490 e. The van der Waals surface area contributed by atoms with E-state index in [9.17, 15) is 23.3 Å². The molecule has 0 atom stereocenters. The molecule has 1 aliphatic rings. The summed E-state index contributed by atoms with van der Waals surface area (Å²) in [5.74, 6) is -0.0367. The number of nitrogens with one attached hydrogen (secondary N) is 1. The first-order valence-corrected chi connectivity index (χ1v) is 9.50. The summed E-state index contributed by atoms with van der Waals surface area (Å²) in [6.07, 6.45) is 0.355. The number of methoxy groups -OCH3 is 1. The molecule has 1 aromatic rings. The molecule has 0 aliphatic carbocycles. The van der Waals surface area contributed by atoms with Gasteiger partial charge in [0.15, 0.2) is 5.75 Å². The molecule has 11 heteroatoms. The quantitative estimate of drug-likeness (QED) is 0.519. The number of nitrogens with zero attached hydrogens (tertiary/aromatic N) is 3. The molecule has 0 radical (unpaired) electrons. The van der Waals surface area contributed by atoms with Crippen molar-refractivity contribution in [2.24, 2.45) is 0 Å². The van der Waals surface area contributed by atoms with Gasteiger partial charge in [0.05, 0.1) is 16.9 Å². The van der Waals surface area contributed by atoms with Gasteiger partial charge in [0.25, 0.3) is 0 Å². The number of sulfonamides is 1. The lowest BCUT2D eigenvalue weighted by Gasteiger charge is -2.34. The van der Waals surface area contributed by atoms with Crippen LogP contribution in [0.2, 0.25) is 0 Å². The van der Waals surface area contributed by atoms with E-state index in [2.05, 4.69) is 5.32 Å². The molecule has 0 spiro atoms. The number of hydrogen-bond donors (Lipinski definition) is 1. The highest BCUT2D eigenvalue weighted by molar-refractivity contribution is 7.89. The van der Waals surface area contributed by atoms with Gasteiger partial charge in [-0.05, 0) is 19.2 Å². The average Bonchev–Trinajstić information content (AvgIpc) is 2.65.